The van der Waals surface area contributed by atoms with E-state index in [0.717, 1.165) is 29.1 Å². The standard InChI is InChI=1S/C15H22N2O5S2/c18-8-5-10-3-1-2-7-17(10)24(21,22)15-13(14(19)20)11-4-6-16-9-12(11)23-15/h10,16,18H,1-9H2,(H,19,20). The lowest BCUT2D eigenvalue weighted by molar-refractivity contribution is 0.0691. The number of carboxylic acids is 1. The van der Waals surface area contributed by atoms with Gasteiger partial charge < -0.3 is 15.5 Å². The van der Waals surface area contributed by atoms with E-state index in [4.69, 9.17) is 0 Å². The van der Waals surface area contributed by atoms with Crippen molar-refractivity contribution in [2.24, 2.45) is 0 Å². The first-order chi connectivity index (χ1) is 11.5. The van der Waals surface area contributed by atoms with Crippen molar-refractivity contribution in [3.8, 4) is 0 Å². The highest BCUT2D eigenvalue weighted by Gasteiger charge is 2.39. The molecule has 1 unspecified atom stereocenters. The Morgan fingerprint density at radius 1 is 1.38 bits per heavy atom. The number of nitrogens with one attached hydrogen (secondary N) is 1. The number of rotatable bonds is 5. The molecule has 1 atom stereocenters. The van der Waals surface area contributed by atoms with Crippen LogP contribution in [0.4, 0.5) is 0 Å². The third kappa shape index (κ3) is 3.11. The summed E-state index contributed by atoms with van der Waals surface area (Å²) in [6.07, 6.45) is 3.30. The molecule has 24 heavy (non-hydrogen) atoms. The molecule has 3 rings (SSSR count). The molecule has 0 amide bonds. The summed E-state index contributed by atoms with van der Waals surface area (Å²) in [7, 11) is -3.87. The molecule has 2 aliphatic rings. The van der Waals surface area contributed by atoms with E-state index >= 15 is 0 Å². The number of fused-ring (bicyclic) bond motifs is 1. The lowest BCUT2D eigenvalue weighted by Gasteiger charge is -2.34. The van der Waals surface area contributed by atoms with Crippen molar-refractivity contribution in [2.75, 3.05) is 19.7 Å². The second-order valence-electron chi connectivity index (χ2n) is 6.18. The number of sulfonamides is 1. The number of piperidine rings is 1. The first kappa shape index (κ1) is 17.8. The van der Waals surface area contributed by atoms with Crippen LogP contribution in [0.1, 0.15) is 46.5 Å². The fourth-order valence-electron chi connectivity index (χ4n) is 3.54. The van der Waals surface area contributed by atoms with E-state index in [-0.39, 0.29) is 22.4 Å². The zero-order chi connectivity index (χ0) is 17.3. The number of hydrogen-bond acceptors (Lipinski definition) is 6. The third-order valence-electron chi connectivity index (χ3n) is 4.69. The van der Waals surface area contributed by atoms with E-state index in [9.17, 15) is 23.4 Å². The lowest BCUT2D eigenvalue weighted by atomic mass is 10.0. The van der Waals surface area contributed by atoms with Gasteiger partial charge in [0.2, 0.25) is 0 Å². The number of carbonyl (C=O) groups is 1. The minimum atomic E-state index is -3.87. The van der Waals surface area contributed by atoms with E-state index in [1.165, 1.54) is 4.31 Å². The van der Waals surface area contributed by atoms with Crippen molar-refractivity contribution < 1.29 is 23.4 Å². The summed E-state index contributed by atoms with van der Waals surface area (Å²) in [5, 5.41) is 22.0. The number of carboxylic acid groups (broad SMARTS) is 1. The molecule has 0 aromatic carbocycles. The highest BCUT2D eigenvalue weighted by molar-refractivity contribution is 7.91. The van der Waals surface area contributed by atoms with Gasteiger partial charge in [0.1, 0.15) is 4.21 Å². The molecule has 7 nitrogen and oxygen atoms in total. The Morgan fingerprint density at radius 2 is 2.17 bits per heavy atom. The number of hydrogen-bond donors (Lipinski definition) is 3. The first-order valence-corrected chi connectivity index (χ1v) is 10.4. The molecule has 3 heterocycles. The molecule has 2 aliphatic heterocycles. The summed E-state index contributed by atoms with van der Waals surface area (Å²) in [4.78, 5) is 12.6. The summed E-state index contributed by atoms with van der Waals surface area (Å²) in [5.41, 5.74) is 0.602. The van der Waals surface area contributed by atoms with Crippen molar-refractivity contribution in [1.82, 2.24) is 9.62 Å². The maximum Gasteiger partial charge on any atom is 0.338 e. The Labute approximate surface area is 145 Å². The van der Waals surface area contributed by atoms with Gasteiger partial charge in [-0.05, 0) is 37.8 Å². The number of thiophene rings is 1. The Morgan fingerprint density at radius 3 is 2.88 bits per heavy atom. The molecule has 1 aromatic heterocycles. The number of aliphatic hydroxyl groups is 1. The van der Waals surface area contributed by atoms with Gasteiger partial charge in [-0.1, -0.05) is 6.42 Å². The van der Waals surface area contributed by atoms with Crippen LogP contribution in [0.15, 0.2) is 4.21 Å². The van der Waals surface area contributed by atoms with Crippen LogP contribution in [0, 0.1) is 0 Å². The Bertz CT molecular complexity index is 726. The van der Waals surface area contributed by atoms with Crippen LogP contribution in [-0.4, -0.2) is 54.6 Å². The van der Waals surface area contributed by atoms with Crippen LogP contribution in [0.25, 0.3) is 0 Å². The van der Waals surface area contributed by atoms with Gasteiger partial charge in [0, 0.05) is 30.6 Å². The smallest absolute Gasteiger partial charge is 0.338 e. The van der Waals surface area contributed by atoms with Gasteiger partial charge in [-0.25, -0.2) is 13.2 Å². The van der Waals surface area contributed by atoms with Gasteiger partial charge >= 0.3 is 5.97 Å². The van der Waals surface area contributed by atoms with Gasteiger partial charge in [0.25, 0.3) is 10.0 Å². The van der Waals surface area contributed by atoms with Crippen LogP contribution in [0.2, 0.25) is 0 Å². The molecular formula is C15H22N2O5S2. The largest absolute Gasteiger partial charge is 0.478 e. The normalized spacial score (nSPS) is 22.3. The molecule has 9 heteroatoms. The molecular weight excluding hydrogens is 352 g/mol. The van der Waals surface area contributed by atoms with E-state index < -0.39 is 16.0 Å². The maximum atomic E-state index is 13.2. The minimum absolute atomic E-state index is 0.0476. The molecule has 0 spiro atoms. The summed E-state index contributed by atoms with van der Waals surface area (Å²) in [6, 6.07) is -0.257. The predicted molar refractivity (Wildman–Crippen MR) is 89.9 cm³/mol. The fraction of sp³-hybridized carbons (Fsp3) is 0.667. The van der Waals surface area contributed by atoms with Crippen molar-refractivity contribution in [2.45, 2.75) is 48.9 Å². The van der Waals surface area contributed by atoms with Crippen molar-refractivity contribution in [3.05, 3.63) is 16.0 Å². The van der Waals surface area contributed by atoms with Crippen LogP contribution >= 0.6 is 11.3 Å². The zero-order valence-corrected chi connectivity index (χ0v) is 15.0. The number of aromatic carboxylic acids is 1. The van der Waals surface area contributed by atoms with E-state index in [2.05, 4.69) is 5.32 Å². The molecule has 0 radical (unpaired) electrons. The lowest BCUT2D eigenvalue weighted by Crippen LogP contribution is -2.44. The average Bonchev–Trinajstić information content (AvgIpc) is 2.96. The first-order valence-electron chi connectivity index (χ1n) is 8.18. The van der Waals surface area contributed by atoms with Crippen LogP contribution in [0.3, 0.4) is 0 Å². The Hall–Kier alpha value is -1.00. The second-order valence-corrected chi connectivity index (χ2v) is 9.37. The van der Waals surface area contributed by atoms with E-state index in [1.54, 1.807) is 0 Å². The van der Waals surface area contributed by atoms with Gasteiger partial charge in [0.05, 0.1) is 5.56 Å². The van der Waals surface area contributed by atoms with Gasteiger partial charge in [-0.2, -0.15) is 4.31 Å². The van der Waals surface area contributed by atoms with Gasteiger partial charge in [-0.15, -0.1) is 11.3 Å². The Balaban J connectivity index is 2.06. The number of aliphatic hydroxyl groups excluding tert-OH is 1. The van der Waals surface area contributed by atoms with Crippen molar-refractivity contribution in [3.63, 3.8) is 0 Å². The summed E-state index contributed by atoms with van der Waals surface area (Å²) < 4.78 is 27.7. The molecule has 0 bridgehead atoms. The zero-order valence-electron chi connectivity index (χ0n) is 13.3. The molecule has 3 N–H and O–H groups in total. The molecule has 0 saturated carbocycles. The van der Waals surface area contributed by atoms with Crippen LogP contribution in [0.5, 0.6) is 0 Å². The second kappa shape index (κ2) is 7.09. The highest BCUT2D eigenvalue weighted by atomic mass is 32.2. The maximum absolute atomic E-state index is 13.2. The summed E-state index contributed by atoms with van der Waals surface area (Å²) in [5.74, 6) is -1.18. The fourth-order valence-corrected chi connectivity index (χ4v) is 7.24. The SMILES string of the molecule is O=C(O)c1c(S(=O)(=O)N2CCCCC2CCO)sc2c1CCNC2. The monoisotopic (exact) mass is 374 g/mol. The molecule has 0 aliphatic carbocycles. The van der Waals surface area contributed by atoms with Crippen molar-refractivity contribution >= 4 is 27.3 Å². The third-order valence-corrected chi connectivity index (χ3v) is 8.37. The quantitative estimate of drug-likeness (QED) is 0.710. The number of nitrogens with zero attached hydrogens (tertiary/aromatic N) is 1. The molecule has 1 aromatic rings. The van der Waals surface area contributed by atoms with Gasteiger partial charge in [0.15, 0.2) is 0 Å². The predicted octanol–water partition coefficient (Wildman–Crippen LogP) is 1.02. The molecule has 1 fully saturated rings. The minimum Gasteiger partial charge on any atom is -0.478 e. The van der Waals surface area contributed by atoms with Crippen LogP contribution < -0.4 is 5.32 Å². The van der Waals surface area contributed by atoms with E-state index in [1.807, 2.05) is 0 Å². The summed E-state index contributed by atoms with van der Waals surface area (Å²) in [6.45, 7) is 1.47. The molecule has 134 valence electrons. The Kier molecular flexibility index (Phi) is 5.26. The highest BCUT2D eigenvalue weighted by Crippen LogP contribution is 2.38. The van der Waals surface area contributed by atoms with Crippen LogP contribution in [-0.2, 0) is 23.0 Å². The van der Waals surface area contributed by atoms with Gasteiger partial charge in [-0.3, -0.25) is 0 Å². The average molecular weight is 374 g/mol. The van der Waals surface area contributed by atoms with Crippen molar-refractivity contribution in [1.29, 1.82) is 0 Å². The molecule has 1 saturated heterocycles. The topological polar surface area (TPSA) is 107 Å². The summed E-state index contributed by atoms with van der Waals surface area (Å²) >= 11 is 1.08. The van der Waals surface area contributed by atoms with E-state index in [0.29, 0.717) is 44.5 Å².